The minimum absolute atomic E-state index is 0.0458. The highest BCUT2D eigenvalue weighted by molar-refractivity contribution is 9.12. The summed E-state index contributed by atoms with van der Waals surface area (Å²) in [6.45, 7) is 0. The molecule has 0 aromatic heterocycles. The van der Waals surface area contributed by atoms with Crippen LogP contribution in [-0.4, -0.2) is 17.7 Å². The molecule has 0 saturated carbocycles. The van der Waals surface area contributed by atoms with Crippen molar-refractivity contribution >= 4 is 53.6 Å². The summed E-state index contributed by atoms with van der Waals surface area (Å²) < 4.78 is 6.08. The first kappa shape index (κ1) is 16.7. The fraction of sp³-hybridized carbons (Fsp3) is 0.188. The van der Waals surface area contributed by atoms with Crippen LogP contribution in [0.25, 0.3) is 0 Å². The number of carbonyl (C=O) groups is 1. The molecule has 0 saturated heterocycles. The molecule has 0 radical (unpaired) electrons. The largest absolute Gasteiger partial charge is 0.496 e. The second kappa shape index (κ2) is 7.56. The predicted molar refractivity (Wildman–Crippen MR) is 95.8 cm³/mol. The van der Waals surface area contributed by atoms with Crippen molar-refractivity contribution in [1.29, 1.82) is 0 Å². The molecule has 2 aromatic carbocycles. The van der Waals surface area contributed by atoms with E-state index < -0.39 is 0 Å². The van der Waals surface area contributed by atoms with Crippen LogP contribution in [0.15, 0.2) is 53.0 Å². The van der Waals surface area contributed by atoms with E-state index in [0.29, 0.717) is 5.56 Å². The molecule has 0 unspecified atom stereocenters. The molecule has 0 fully saturated rings. The van der Waals surface area contributed by atoms with Crippen molar-refractivity contribution in [2.45, 2.75) is 9.65 Å². The van der Waals surface area contributed by atoms with Crippen molar-refractivity contribution in [3.63, 3.8) is 0 Å². The van der Waals surface area contributed by atoms with Crippen LogP contribution >= 0.6 is 47.8 Å². The fourth-order valence-corrected chi connectivity index (χ4v) is 3.57. The van der Waals surface area contributed by atoms with Crippen LogP contribution in [0.3, 0.4) is 0 Å². The molecule has 0 bridgehead atoms. The summed E-state index contributed by atoms with van der Waals surface area (Å²) >= 11 is 10.6. The molecule has 2 atom stereocenters. The van der Waals surface area contributed by atoms with Gasteiger partial charge in [0.2, 0.25) is 0 Å². The first-order valence-corrected chi connectivity index (χ1v) is 8.88. The Bertz CT molecular complexity index is 629. The Morgan fingerprint density at radius 2 is 1.76 bits per heavy atom. The van der Waals surface area contributed by atoms with Gasteiger partial charge in [-0.15, -0.1) is 0 Å². The predicted octanol–water partition coefficient (Wildman–Crippen LogP) is 5.54. The molecule has 5 heteroatoms. The Hall–Kier alpha value is -0.650. The van der Waals surface area contributed by atoms with Crippen molar-refractivity contribution < 1.29 is 9.53 Å². The number of ether oxygens (including phenoxy) is 1. The number of alkyl halides is 2. The third kappa shape index (κ3) is 3.96. The number of hydrogen-bond acceptors (Lipinski definition) is 2. The fourth-order valence-electron chi connectivity index (χ4n) is 1.92. The average molecular weight is 477 g/mol. The molecule has 0 N–H and O–H groups in total. The zero-order chi connectivity index (χ0) is 15.4. The third-order valence-corrected chi connectivity index (χ3v) is 6.39. The van der Waals surface area contributed by atoms with Crippen LogP contribution < -0.4 is 4.74 Å². The van der Waals surface area contributed by atoms with E-state index in [1.54, 1.807) is 7.11 Å². The van der Waals surface area contributed by atoms with Gasteiger partial charge in [-0.1, -0.05) is 68.3 Å². The summed E-state index contributed by atoms with van der Waals surface area (Å²) in [7, 11) is 1.62. The van der Waals surface area contributed by atoms with Gasteiger partial charge in [-0.3, -0.25) is 4.79 Å². The van der Waals surface area contributed by atoms with E-state index in [2.05, 4.69) is 47.8 Å². The summed E-state index contributed by atoms with van der Waals surface area (Å²) in [5, 5.41) is 0. The number of hydrogen-bond donors (Lipinski definition) is 0. The van der Waals surface area contributed by atoms with Gasteiger partial charge in [-0.2, -0.15) is 0 Å². The maximum atomic E-state index is 12.5. The molecule has 21 heavy (non-hydrogen) atoms. The Morgan fingerprint density at radius 1 is 1.10 bits per heavy atom. The lowest BCUT2D eigenvalue weighted by atomic mass is 10.0. The molecule has 0 aliphatic carbocycles. The molecule has 0 aliphatic heterocycles. The van der Waals surface area contributed by atoms with E-state index in [9.17, 15) is 4.79 Å². The lowest BCUT2D eigenvalue weighted by molar-refractivity contribution is 0.0991. The van der Waals surface area contributed by atoms with Crippen molar-refractivity contribution in [3.8, 4) is 5.75 Å². The molecule has 110 valence electrons. The van der Waals surface area contributed by atoms with Gasteiger partial charge in [-0.05, 0) is 33.6 Å². The van der Waals surface area contributed by atoms with Gasteiger partial charge >= 0.3 is 0 Å². The molecular weight excluding hydrogens is 464 g/mol. The lowest BCUT2D eigenvalue weighted by Crippen LogP contribution is -2.19. The zero-order valence-corrected chi connectivity index (χ0v) is 16.0. The maximum absolute atomic E-state index is 12.5. The Morgan fingerprint density at radius 3 is 2.33 bits per heavy atom. The van der Waals surface area contributed by atoms with E-state index in [1.165, 1.54) is 0 Å². The lowest BCUT2D eigenvalue weighted by Gasteiger charge is -2.17. The van der Waals surface area contributed by atoms with E-state index in [4.69, 9.17) is 4.74 Å². The molecule has 2 rings (SSSR count). The highest BCUT2D eigenvalue weighted by atomic mass is 79.9. The first-order valence-electron chi connectivity index (χ1n) is 6.25. The topological polar surface area (TPSA) is 26.3 Å². The number of Topliss-reactive ketones (excluding diaryl/α,β-unsaturated/α-hetero) is 1. The minimum Gasteiger partial charge on any atom is -0.496 e. The molecule has 2 aromatic rings. The van der Waals surface area contributed by atoms with Crippen LogP contribution in [0.5, 0.6) is 5.75 Å². The summed E-state index contributed by atoms with van der Waals surface area (Å²) in [4.78, 5) is 12.0. The van der Waals surface area contributed by atoms with Gasteiger partial charge in [0.15, 0.2) is 5.78 Å². The third-order valence-electron chi connectivity index (χ3n) is 3.06. The Kier molecular flexibility index (Phi) is 6.02. The molecule has 2 nitrogen and oxygen atoms in total. The molecule has 0 amide bonds. The molecular formula is C16H13Br3O2. The maximum Gasteiger partial charge on any atom is 0.177 e. The van der Waals surface area contributed by atoms with Crippen LogP contribution in [0.2, 0.25) is 0 Å². The van der Waals surface area contributed by atoms with Gasteiger partial charge < -0.3 is 4.74 Å². The number of benzene rings is 2. The monoisotopic (exact) mass is 474 g/mol. The highest BCUT2D eigenvalue weighted by Gasteiger charge is 2.26. The van der Waals surface area contributed by atoms with Crippen molar-refractivity contribution in [1.82, 2.24) is 0 Å². The second-order valence-electron chi connectivity index (χ2n) is 4.43. The number of methoxy groups -OCH3 is 1. The van der Waals surface area contributed by atoms with Crippen molar-refractivity contribution in [3.05, 3.63) is 64.1 Å². The van der Waals surface area contributed by atoms with Crippen LogP contribution in [0.4, 0.5) is 0 Å². The molecule has 0 aliphatic rings. The van der Waals surface area contributed by atoms with Crippen molar-refractivity contribution in [2.24, 2.45) is 0 Å². The standard InChI is InChI=1S/C16H13Br3O2/c1-21-13-8-7-11(9-12(13)17)14(18)15(19)16(20)10-5-3-2-4-6-10/h2-9,14-15H,1H3/t14-,15-/m0/s1. The van der Waals surface area contributed by atoms with Crippen LogP contribution in [0.1, 0.15) is 20.7 Å². The normalized spacial score (nSPS) is 13.5. The SMILES string of the molecule is COc1ccc([C@H](Br)[C@H](Br)C(=O)c2ccccc2)cc1Br. The van der Waals surface area contributed by atoms with Crippen LogP contribution in [-0.2, 0) is 0 Å². The number of ketones is 1. The number of carbonyl (C=O) groups excluding carboxylic acids is 1. The number of halogens is 3. The average Bonchev–Trinajstić information content (AvgIpc) is 2.53. The second-order valence-corrected chi connectivity index (χ2v) is 7.26. The van der Waals surface area contributed by atoms with Gasteiger partial charge in [0.25, 0.3) is 0 Å². The first-order chi connectivity index (χ1) is 10.0. The Balaban J connectivity index is 2.21. The zero-order valence-electron chi connectivity index (χ0n) is 11.2. The van der Waals surface area contributed by atoms with E-state index in [1.807, 2.05) is 48.5 Å². The number of rotatable bonds is 5. The van der Waals surface area contributed by atoms with Gasteiger partial charge in [0.05, 0.1) is 21.2 Å². The Labute approximate surface area is 149 Å². The summed E-state index contributed by atoms with van der Waals surface area (Å²) in [6.07, 6.45) is 0. The minimum atomic E-state index is -0.347. The van der Waals surface area contributed by atoms with E-state index in [-0.39, 0.29) is 15.4 Å². The summed E-state index contributed by atoms with van der Waals surface area (Å²) in [5.74, 6) is 0.809. The van der Waals surface area contributed by atoms with Gasteiger partial charge in [0, 0.05) is 5.56 Å². The van der Waals surface area contributed by atoms with Crippen molar-refractivity contribution in [2.75, 3.05) is 7.11 Å². The van der Waals surface area contributed by atoms with E-state index in [0.717, 1.165) is 15.8 Å². The van der Waals surface area contributed by atoms with Crippen LogP contribution in [0, 0.1) is 0 Å². The quantitative estimate of drug-likeness (QED) is 0.418. The molecule has 0 spiro atoms. The summed E-state index contributed by atoms with van der Waals surface area (Å²) in [5.41, 5.74) is 1.69. The van der Waals surface area contributed by atoms with Gasteiger partial charge in [-0.25, -0.2) is 0 Å². The smallest absolute Gasteiger partial charge is 0.177 e. The van der Waals surface area contributed by atoms with E-state index >= 15 is 0 Å². The molecule has 0 heterocycles. The van der Waals surface area contributed by atoms with Gasteiger partial charge in [0.1, 0.15) is 5.75 Å². The summed E-state index contributed by atoms with van der Waals surface area (Å²) in [6, 6.07) is 15.0. The highest BCUT2D eigenvalue weighted by Crippen LogP contribution is 2.36.